The second-order valence-corrected chi connectivity index (χ2v) is 7.19. The molecule has 2 fully saturated rings. The predicted molar refractivity (Wildman–Crippen MR) is 91.3 cm³/mol. The third kappa shape index (κ3) is 3.76. The molecule has 128 valence electrons. The monoisotopic (exact) mass is 339 g/mol. The highest BCUT2D eigenvalue weighted by atomic mass is 35.5. The van der Waals surface area contributed by atoms with Gasteiger partial charge in [-0.25, -0.2) is 0 Å². The largest absolute Gasteiger partial charge is 0.493 e. The smallest absolute Gasteiger partial charge is 0.162 e. The van der Waals surface area contributed by atoms with Crippen molar-refractivity contribution < 1.29 is 14.6 Å². The Hall–Kier alpha value is -0.970. The number of rotatable bonds is 6. The van der Waals surface area contributed by atoms with E-state index in [0.717, 1.165) is 55.2 Å². The lowest BCUT2D eigenvalue weighted by molar-refractivity contribution is 0.161. The Morgan fingerprint density at radius 3 is 2.52 bits per heavy atom. The molecule has 0 bridgehead atoms. The van der Waals surface area contributed by atoms with E-state index in [-0.39, 0.29) is 6.10 Å². The van der Waals surface area contributed by atoms with Crippen molar-refractivity contribution in [3.63, 3.8) is 0 Å². The molecule has 23 heavy (non-hydrogen) atoms. The van der Waals surface area contributed by atoms with Crippen molar-refractivity contribution in [1.29, 1.82) is 0 Å². The number of fused-ring (bicyclic) bond motifs is 1. The van der Waals surface area contributed by atoms with Crippen molar-refractivity contribution in [2.24, 2.45) is 11.8 Å². The van der Waals surface area contributed by atoms with Crippen LogP contribution in [-0.2, 0) is 6.54 Å². The highest BCUT2D eigenvalue weighted by molar-refractivity contribution is 6.31. The highest BCUT2D eigenvalue weighted by Gasteiger charge is 2.40. The van der Waals surface area contributed by atoms with Gasteiger partial charge in [-0.1, -0.05) is 18.5 Å². The number of nitrogens with zero attached hydrogens (tertiary/aromatic N) is 1. The molecule has 1 aromatic carbocycles. The predicted octanol–water partition coefficient (Wildman–Crippen LogP) is 3.34. The molecule has 2 aliphatic rings. The fraction of sp³-hybridized carbons (Fsp3) is 0.667. The highest BCUT2D eigenvalue weighted by Crippen LogP contribution is 2.40. The fourth-order valence-corrected chi connectivity index (χ4v) is 4.13. The van der Waals surface area contributed by atoms with Crippen LogP contribution in [0.15, 0.2) is 12.1 Å². The zero-order valence-electron chi connectivity index (χ0n) is 13.9. The van der Waals surface area contributed by atoms with Crippen molar-refractivity contribution in [3.8, 4) is 11.5 Å². The third-order valence-corrected chi connectivity index (χ3v) is 5.34. The molecule has 3 atom stereocenters. The summed E-state index contributed by atoms with van der Waals surface area (Å²) in [6.45, 7) is 5.66. The van der Waals surface area contributed by atoms with Crippen LogP contribution in [0.2, 0.25) is 5.02 Å². The van der Waals surface area contributed by atoms with Crippen LogP contribution in [0, 0.1) is 11.8 Å². The van der Waals surface area contributed by atoms with E-state index in [1.165, 1.54) is 0 Å². The van der Waals surface area contributed by atoms with Crippen molar-refractivity contribution in [1.82, 2.24) is 4.90 Å². The van der Waals surface area contributed by atoms with Gasteiger partial charge in [0.2, 0.25) is 0 Å². The summed E-state index contributed by atoms with van der Waals surface area (Å²) in [6, 6.07) is 3.86. The number of aliphatic hydroxyl groups excluding tert-OH is 1. The maximum atomic E-state index is 9.75. The van der Waals surface area contributed by atoms with Gasteiger partial charge in [0, 0.05) is 30.7 Å². The Bertz CT molecular complexity index is 537. The summed E-state index contributed by atoms with van der Waals surface area (Å²) in [4.78, 5) is 2.44. The Kier molecular flexibility index (Phi) is 5.34. The molecule has 1 aliphatic heterocycles. The number of halogens is 1. The van der Waals surface area contributed by atoms with Crippen LogP contribution < -0.4 is 9.47 Å². The van der Waals surface area contributed by atoms with E-state index < -0.39 is 0 Å². The van der Waals surface area contributed by atoms with Gasteiger partial charge in [-0.15, -0.1) is 0 Å². The summed E-state index contributed by atoms with van der Waals surface area (Å²) in [7, 11) is 1.66. The van der Waals surface area contributed by atoms with Crippen molar-refractivity contribution in [2.75, 3.05) is 26.8 Å². The minimum absolute atomic E-state index is 0.0918. The summed E-state index contributed by atoms with van der Waals surface area (Å²) < 4.78 is 11.2. The molecule has 1 aliphatic carbocycles. The summed E-state index contributed by atoms with van der Waals surface area (Å²) in [6.07, 6.45) is 2.75. The molecule has 1 saturated carbocycles. The first-order valence-electron chi connectivity index (χ1n) is 8.50. The molecule has 1 heterocycles. The zero-order chi connectivity index (χ0) is 16.4. The van der Waals surface area contributed by atoms with Crippen LogP contribution in [0.25, 0.3) is 0 Å². The molecule has 5 heteroatoms. The Balaban J connectivity index is 1.68. The van der Waals surface area contributed by atoms with E-state index >= 15 is 0 Å². The zero-order valence-corrected chi connectivity index (χ0v) is 14.7. The Morgan fingerprint density at radius 2 is 1.91 bits per heavy atom. The van der Waals surface area contributed by atoms with E-state index in [2.05, 4.69) is 11.8 Å². The van der Waals surface area contributed by atoms with E-state index in [1.807, 2.05) is 12.1 Å². The number of benzene rings is 1. The summed E-state index contributed by atoms with van der Waals surface area (Å²) in [5.41, 5.74) is 1.08. The molecule has 0 spiro atoms. The van der Waals surface area contributed by atoms with Crippen molar-refractivity contribution >= 4 is 11.6 Å². The van der Waals surface area contributed by atoms with Gasteiger partial charge in [0.15, 0.2) is 11.5 Å². The van der Waals surface area contributed by atoms with Crippen LogP contribution in [-0.4, -0.2) is 42.9 Å². The van der Waals surface area contributed by atoms with Gasteiger partial charge in [0.1, 0.15) is 0 Å². The molecule has 1 aromatic rings. The first-order chi connectivity index (χ1) is 11.1. The summed E-state index contributed by atoms with van der Waals surface area (Å²) >= 11 is 6.46. The second-order valence-electron chi connectivity index (χ2n) is 6.78. The van der Waals surface area contributed by atoms with Crippen molar-refractivity contribution in [2.45, 2.75) is 38.8 Å². The van der Waals surface area contributed by atoms with Gasteiger partial charge in [-0.2, -0.15) is 0 Å². The quantitative estimate of drug-likeness (QED) is 0.863. The molecular weight excluding hydrogens is 314 g/mol. The van der Waals surface area contributed by atoms with Gasteiger partial charge < -0.3 is 14.6 Å². The second kappa shape index (κ2) is 7.29. The number of methoxy groups -OCH3 is 1. The minimum Gasteiger partial charge on any atom is -0.493 e. The number of hydrogen-bond donors (Lipinski definition) is 1. The lowest BCUT2D eigenvalue weighted by Crippen LogP contribution is -2.22. The van der Waals surface area contributed by atoms with Crippen LogP contribution in [0.5, 0.6) is 11.5 Å². The average molecular weight is 340 g/mol. The van der Waals surface area contributed by atoms with E-state index in [4.69, 9.17) is 21.1 Å². The molecule has 0 radical (unpaired) electrons. The lowest BCUT2D eigenvalue weighted by Gasteiger charge is -2.20. The average Bonchev–Trinajstić information content (AvgIpc) is 3.03. The standard InChI is InChI=1S/C18H26ClNO3/c1-3-4-23-18-8-16(19)14(7-17(18)22-2)11-20-9-12-5-15(21)6-13(12)10-20/h7-8,12-13,15,21H,3-6,9-11H2,1-2H3/t12-,13+,15?. The summed E-state index contributed by atoms with van der Waals surface area (Å²) in [5.74, 6) is 2.73. The molecular formula is C18H26ClNO3. The van der Waals surface area contributed by atoms with Gasteiger partial charge in [-0.3, -0.25) is 4.90 Å². The topological polar surface area (TPSA) is 41.9 Å². The van der Waals surface area contributed by atoms with Gasteiger partial charge in [0.05, 0.1) is 19.8 Å². The van der Waals surface area contributed by atoms with Crippen LogP contribution in [0.3, 0.4) is 0 Å². The lowest BCUT2D eigenvalue weighted by atomic mass is 10.0. The number of aliphatic hydroxyl groups is 1. The van der Waals surface area contributed by atoms with E-state index in [1.54, 1.807) is 7.11 Å². The molecule has 1 N–H and O–H groups in total. The van der Waals surface area contributed by atoms with Gasteiger partial charge in [-0.05, 0) is 42.7 Å². The minimum atomic E-state index is -0.0918. The number of likely N-dealkylation sites (tertiary alicyclic amines) is 1. The molecule has 3 rings (SSSR count). The molecule has 0 aromatic heterocycles. The number of ether oxygens (including phenoxy) is 2. The van der Waals surface area contributed by atoms with Gasteiger partial charge in [0.25, 0.3) is 0 Å². The number of hydrogen-bond acceptors (Lipinski definition) is 4. The first-order valence-corrected chi connectivity index (χ1v) is 8.88. The fourth-order valence-electron chi connectivity index (χ4n) is 3.92. The normalized spacial score (nSPS) is 27.2. The van der Waals surface area contributed by atoms with Crippen LogP contribution >= 0.6 is 11.6 Å². The van der Waals surface area contributed by atoms with E-state index in [0.29, 0.717) is 24.2 Å². The molecule has 0 amide bonds. The molecule has 1 unspecified atom stereocenters. The maximum Gasteiger partial charge on any atom is 0.162 e. The summed E-state index contributed by atoms with van der Waals surface area (Å²) in [5, 5.41) is 10.5. The van der Waals surface area contributed by atoms with Crippen LogP contribution in [0.4, 0.5) is 0 Å². The maximum absolute atomic E-state index is 9.75. The molecule has 1 saturated heterocycles. The van der Waals surface area contributed by atoms with Crippen molar-refractivity contribution in [3.05, 3.63) is 22.7 Å². The van der Waals surface area contributed by atoms with E-state index in [9.17, 15) is 5.11 Å². The Morgan fingerprint density at radius 1 is 1.22 bits per heavy atom. The first kappa shape index (κ1) is 16.9. The molecule has 4 nitrogen and oxygen atoms in total. The Labute approximate surface area is 143 Å². The van der Waals surface area contributed by atoms with Crippen LogP contribution in [0.1, 0.15) is 31.7 Å². The SMILES string of the molecule is CCCOc1cc(Cl)c(CN2C[C@H]3CC(O)C[C@H]3C2)cc1OC. The van der Waals surface area contributed by atoms with Gasteiger partial charge >= 0.3 is 0 Å². The third-order valence-electron chi connectivity index (χ3n) is 4.99.